The van der Waals surface area contributed by atoms with E-state index >= 15 is 0 Å². The lowest BCUT2D eigenvalue weighted by molar-refractivity contribution is 0.0306. The Hall–Kier alpha value is -2.37. The lowest BCUT2D eigenvalue weighted by atomic mass is 10.1. The first-order valence-electron chi connectivity index (χ1n) is 7.02. The van der Waals surface area contributed by atoms with E-state index in [4.69, 9.17) is 4.74 Å². The molecule has 0 radical (unpaired) electrons. The van der Waals surface area contributed by atoms with Crippen LogP contribution in [0.15, 0.2) is 24.4 Å². The van der Waals surface area contributed by atoms with Crippen LogP contribution in [0.4, 0.5) is 4.79 Å². The number of nitrogens with zero attached hydrogens (tertiary/aromatic N) is 2. The molecule has 1 aromatic heterocycles. The standard InChI is InChI=1S/C16H20N2O4/c1-16(2,3)22-15(20)18-8-6-12(10-18)11-5-7-17-13(9-11)14(19)21-4/h5-7,9H,8,10H2,1-4H3. The van der Waals surface area contributed by atoms with Gasteiger partial charge in [0.2, 0.25) is 0 Å². The van der Waals surface area contributed by atoms with Crippen LogP contribution in [0.2, 0.25) is 0 Å². The fraction of sp³-hybridized carbons (Fsp3) is 0.438. The van der Waals surface area contributed by atoms with Gasteiger partial charge in [0.25, 0.3) is 0 Å². The van der Waals surface area contributed by atoms with Crippen LogP contribution in [0.25, 0.3) is 5.57 Å². The zero-order valence-corrected chi connectivity index (χ0v) is 13.3. The topological polar surface area (TPSA) is 68.7 Å². The average Bonchev–Trinajstić information content (AvgIpc) is 2.95. The molecular weight excluding hydrogens is 284 g/mol. The van der Waals surface area contributed by atoms with Gasteiger partial charge in [-0.3, -0.25) is 0 Å². The summed E-state index contributed by atoms with van der Waals surface area (Å²) in [4.78, 5) is 29.2. The predicted octanol–water partition coefficient (Wildman–Crippen LogP) is 2.50. The molecule has 2 heterocycles. The van der Waals surface area contributed by atoms with Gasteiger partial charge in [0.1, 0.15) is 11.3 Å². The van der Waals surface area contributed by atoms with Crippen molar-refractivity contribution in [3.05, 3.63) is 35.7 Å². The maximum absolute atomic E-state index is 12.0. The van der Waals surface area contributed by atoms with Gasteiger partial charge in [-0.15, -0.1) is 0 Å². The summed E-state index contributed by atoms with van der Waals surface area (Å²) in [6.07, 6.45) is 3.15. The number of carbonyl (C=O) groups excluding carboxylic acids is 2. The molecule has 2 rings (SSSR count). The molecule has 0 spiro atoms. The van der Waals surface area contributed by atoms with Crippen molar-refractivity contribution in [1.29, 1.82) is 0 Å². The number of hydrogen-bond donors (Lipinski definition) is 0. The third-order valence-corrected chi connectivity index (χ3v) is 3.10. The lowest BCUT2D eigenvalue weighted by Crippen LogP contribution is -2.35. The van der Waals surface area contributed by atoms with E-state index in [0.717, 1.165) is 11.1 Å². The Balaban J connectivity index is 2.07. The van der Waals surface area contributed by atoms with Crippen molar-refractivity contribution in [1.82, 2.24) is 9.88 Å². The molecule has 6 heteroatoms. The van der Waals surface area contributed by atoms with Crippen LogP contribution in [0.3, 0.4) is 0 Å². The van der Waals surface area contributed by atoms with Crippen molar-refractivity contribution in [2.45, 2.75) is 26.4 Å². The van der Waals surface area contributed by atoms with E-state index in [1.807, 2.05) is 26.8 Å². The van der Waals surface area contributed by atoms with Crippen molar-refractivity contribution in [2.75, 3.05) is 20.2 Å². The number of methoxy groups -OCH3 is 1. The number of pyridine rings is 1. The van der Waals surface area contributed by atoms with E-state index in [1.165, 1.54) is 7.11 Å². The number of hydrogen-bond acceptors (Lipinski definition) is 5. The lowest BCUT2D eigenvalue weighted by Gasteiger charge is -2.24. The molecule has 0 aromatic carbocycles. The van der Waals surface area contributed by atoms with Crippen LogP contribution in [-0.2, 0) is 9.47 Å². The maximum Gasteiger partial charge on any atom is 0.410 e. The molecule has 0 saturated carbocycles. The van der Waals surface area contributed by atoms with Gasteiger partial charge in [-0.2, -0.15) is 0 Å². The molecular formula is C16H20N2O4. The summed E-state index contributed by atoms with van der Waals surface area (Å²) in [5.41, 5.74) is 1.53. The summed E-state index contributed by atoms with van der Waals surface area (Å²) in [5.74, 6) is -0.482. The van der Waals surface area contributed by atoms with Gasteiger partial charge in [0, 0.05) is 19.3 Å². The highest BCUT2D eigenvalue weighted by Crippen LogP contribution is 2.23. The number of esters is 1. The molecule has 6 nitrogen and oxygen atoms in total. The molecule has 0 unspecified atom stereocenters. The highest BCUT2D eigenvalue weighted by Gasteiger charge is 2.26. The Kier molecular flexibility index (Phi) is 4.49. The Morgan fingerprint density at radius 3 is 2.68 bits per heavy atom. The Morgan fingerprint density at radius 2 is 2.05 bits per heavy atom. The first-order valence-corrected chi connectivity index (χ1v) is 7.02. The molecule has 22 heavy (non-hydrogen) atoms. The van der Waals surface area contributed by atoms with E-state index in [9.17, 15) is 9.59 Å². The van der Waals surface area contributed by atoms with E-state index in [2.05, 4.69) is 9.72 Å². The van der Waals surface area contributed by atoms with Crippen molar-refractivity contribution in [3.8, 4) is 0 Å². The molecule has 0 bridgehead atoms. The third kappa shape index (κ3) is 3.84. The first-order chi connectivity index (χ1) is 10.3. The molecule has 118 valence electrons. The summed E-state index contributed by atoms with van der Waals surface area (Å²) in [6.45, 7) is 6.43. The molecule has 0 fully saturated rings. The quantitative estimate of drug-likeness (QED) is 0.785. The Labute approximate surface area is 129 Å². The second kappa shape index (κ2) is 6.17. The van der Waals surface area contributed by atoms with Crippen molar-refractivity contribution in [2.24, 2.45) is 0 Å². The largest absolute Gasteiger partial charge is 0.464 e. The van der Waals surface area contributed by atoms with Crippen LogP contribution < -0.4 is 0 Å². The summed E-state index contributed by atoms with van der Waals surface area (Å²) >= 11 is 0. The van der Waals surface area contributed by atoms with Crippen LogP contribution in [0.5, 0.6) is 0 Å². The number of aromatic nitrogens is 1. The van der Waals surface area contributed by atoms with Gasteiger partial charge >= 0.3 is 12.1 Å². The van der Waals surface area contributed by atoms with Gasteiger partial charge in [-0.1, -0.05) is 6.08 Å². The number of ether oxygens (including phenoxy) is 2. The van der Waals surface area contributed by atoms with Gasteiger partial charge in [-0.05, 0) is 44.0 Å². The highest BCUT2D eigenvalue weighted by molar-refractivity contribution is 5.88. The Morgan fingerprint density at radius 1 is 1.32 bits per heavy atom. The van der Waals surface area contributed by atoms with Crippen LogP contribution in [-0.4, -0.2) is 47.7 Å². The number of carbonyl (C=O) groups is 2. The monoisotopic (exact) mass is 304 g/mol. The maximum atomic E-state index is 12.0. The molecule has 0 saturated heterocycles. The van der Waals surface area contributed by atoms with Gasteiger partial charge in [0.15, 0.2) is 0 Å². The first kappa shape index (κ1) is 16.0. The van der Waals surface area contributed by atoms with E-state index in [1.54, 1.807) is 23.2 Å². The fourth-order valence-corrected chi connectivity index (χ4v) is 2.08. The zero-order valence-electron chi connectivity index (χ0n) is 13.3. The normalized spacial score (nSPS) is 14.5. The fourth-order valence-electron chi connectivity index (χ4n) is 2.08. The van der Waals surface area contributed by atoms with Crippen LogP contribution in [0, 0.1) is 0 Å². The minimum absolute atomic E-state index is 0.247. The number of rotatable bonds is 2. The van der Waals surface area contributed by atoms with Crippen LogP contribution in [0.1, 0.15) is 36.8 Å². The van der Waals surface area contributed by atoms with E-state index < -0.39 is 11.6 Å². The molecule has 1 amide bonds. The summed E-state index contributed by atoms with van der Waals surface area (Å²) in [5, 5.41) is 0. The molecule has 1 aromatic rings. The summed E-state index contributed by atoms with van der Waals surface area (Å²) in [7, 11) is 1.32. The van der Waals surface area contributed by atoms with Crippen molar-refractivity contribution >= 4 is 17.6 Å². The smallest absolute Gasteiger partial charge is 0.410 e. The van der Waals surface area contributed by atoms with Crippen LogP contribution >= 0.6 is 0 Å². The zero-order chi connectivity index (χ0) is 16.3. The van der Waals surface area contributed by atoms with Gasteiger partial charge in [-0.25, -0.2) is 14.6 Å². The van der Waals surface area contributed by atoms with Crippen molar-refractivity contribution < 1.29 is 19.1 Å². The number of amides is 1. The third-order valence-electron chi connectivity index (χ3n) is 3.10. The Bertz CT molecular complexity index is 617. The average molecular weight is 304 g/mol. The van der Waals surface area contributed by atoms with Crippen molar-refractivity contribution in [3.63, 3.8) is 0 Å². The molecule has 1 aliphatic heterocycles. The highest BCUT2D eigenvalue weighted by atomic mass is 16.6. The minimum atomic E-state index is -0.519. The molecule has 0 N–H and O–H groups in total. The minimum Gasteiger partial charge on any atom is -0.464 e. The predicted molar refractivity (Wildman–Crippen MR) is 81.4 cm³/mol. The van der Waals surface area contributed by atoms with E-state index in [-0.39, 0.29) is 11.8 Å². The summed E-state index contributed by atoms with van der Waals surface area (Å²) < 4.78 is 10.0. The van der Waals surface area contributed by atoms with Gasteiger partial charge in [0.05, 0.1) is 7.11 Å². The molecule has 0 atom stereocenters. The SMILES string of the molecule is COC(=O)c1cc(C2=CCN(C(=O)OC(C)(C)C)C2)ccn1. The second-order valence-corrected chi connectivity index (χ2v) is 6.01. The molecule has 0 aliphatic carbocycles. The van der Waals surface area contributed by atoms with E-state index in [0.29, 0.717) is 13.1 Å². The summed E-state index contributed by atoms with van der Waals surface area (Å²) in [6, 6.07) is 3.47. The van der Waals surface area contributed by atoms with Gasteiger partial charge < -0.3 is 14.4 Å². The molecule has 1 aliphatic rings. The second-order valence-electron chi connectivity index (χ2n) is 6.01.